The molecule has 0 amide bonds. The Bertz CT molecular complexity index is 394. The zero-order valence-electron chi connectivity index (χ0n) is 12.4. The zero-order valence-corrected chi connectivity index (χ0v) is 12.4. The van der Waals surface area contributed by atoms with E-state index in [1.54, 1.807) is 7.11 Å². The first-order valence-electron chi connectivity index (χ1n) is 7.47. The summed E-state index contributed by atoms with van der Waals surface area (Å²) in [4.78, 5) is 4.16. The minimum Gasteiger partial charge on any atom is -0.495 e. The predicted octanol–water partition coefficient (Wildman–Crippen LogP) is 3.57. The Morgan fingerprint density at radius 3 is 2.89 bits per heavy atom. The van der Waals surface area contributed by atoms with Crippen LogP contribution in [-0.2, 0) is 0 Å². The number of hydrogen-bond acceptors (Lipinski definition) is 3. The van der Waals surface area contributed by atoms with Crippen LogP contribution in [0.5, 0.6) is 5.75 Å². The van der Waals surface area contributed by atoms with Crippen LogP contribution in [0, 0.1) is 11.8 Å². The monoisotopic (exact) mass is 262 g/mol. The van der Waals surface area contributed by atoms with Crippen LogP contribution in [0.1, 0.15) is 50.6 Å². The lowest BCUT2D eigenvalue weighted by atomic mass is 9.72. The maximum Gasteiger partial charge on any atom is 0.141 e. The fourth-order valence-electron chi connectivity index (χ4n) is 3.60. The van der Waals surface area contributed by atoms with Crippen molar-refractivity contribution in [2.45, 2.75) is 45.1 Å². The van der Waals surface area contributed by atoms with Gasteiger partial charge in [0.2, 0.25) is 0 Å². The van der Waals surface area contributed by atoms with Gasteiger partial charge in [-0.25, -0.2) is 0 Å². The lowest BCUT2D eigenvalue weighted by Gasteiger charge is -2.37. The SMILES string of the molecule is CCC1CCCCC1C(NC)c1ccncc1OC. The van der Waals surface area contributed by atoms with Crippen molar-refractivity contribution in [2.75, 3.05) is 14.2 Å². The summed E-state index contributed by atoms with van der Waals surface area (Å²) in [6.45, 7) is 2.32. The van der Waals surface area contributed by atoms with Crippen LogP contribution in [0.15, 0.2) is 18.5 Å². The number of methoxy groups -OCH3 is 1. The normalized spacial score (nSPS) is 25.0. The molecule has 3 atom stereocenters. The summed E-state index contributed by atoms with van der Waals surface area (Å²) in [6.07, 6.45) is 10.4. The van der Waals surface area contributed by atoms with Gasteiger partial charge in [-0.1, -0.05) is 32.6 Å². The van der Waals surface area contributed by atoms with E-state index in [4.69, 9.17) is 4.74 Å². The van der Waals surface area contributed by atoms with E-state index in [1.807, 2.05) is 12.4 Å². The minimum absolute atomic E-state index is 0.378. The summed E-state index contributed by atoms with van der Waals surface area (Å²) < 4.78 is 5.49. The standard InChI is InChI=1S/C16H26N2O/c1-4-12-7-5-6-8-13(12)16(17-2)14-9-10-18-11-15(14)19-3/h9-13,16-17H,4-8H2,1-3H3. The molecule has 1 aliphatic rings. The maximum absolute atomic E-state index is 5.49. The highest BCUT2D eigenvalue weighted by Crippen LogP contribution is 2.42. The average molecular weight is 262 g/mol. The maximum atomic E-state index is 5.49. The Labute approximate surface area is 116 Å². The van der Waals surface area contributed by atoms with Gasteiger partial charge >= 0.3 is 0 Å². The number of pyridine rings is 1. The number of aromatic nitrogens is 1. The molecule has 1 N–H and O–H groups in total. The first-order chi connectivity index (χ1) is 9.31. The van der Waals surface area contributed by atoms with E-state index in [2.05, 4.69) is 30.3 Å². The number of ether oxygens (including phenoxy) is 1. The van der Waals surface area contributed by atoms with Crippen molar-refractivity contribution in [3.63, 3.8) is 0 Å². The van der Waals surface area contributed by atoms with Crippen molar-refractivity contribution >= 4 is 0 Å². The quantitative estimate of drug-likeness (QED) is 0.881. The first-order valence-corrected chi connectivity index (χ1v) is 7.47. The lowest BCUT2D eigenvalue weighted by molar-refractivity contribution is 0.178. The molecule has 2 rings (SSSR count). The molecule has 0 bridgehead atoms. The molecule has 1 heterocycles. The molecular formula is C16H26N2O. The summed E-state index contributed by atoms with van der Waals surface area (Å²) in [5.41, 5.74) is 1.25. The topological polar surface area (TPSA) is 34.2 Å². The van der Waals surface area contributed by atoms with Crippen molar-refractivity contribution in [1.29, 1.82) is 0 Å². The van der Waals surface area contributed by atoms with Gasteiger partial charge in [-0.05, 0) is 31.4 Å². The third-order valence-corrected chi connectivity index (χ3v) is 4.60. The first kappa shape index (κ1) is 14.3. The second-order valence-corrected chi connectivity index (χ2v) is 5.50. The molecule has 3 nitrogen and oxygen atoms in total. The number of nitrogens with zero attached hydrogens (tertiary/aromatic N) is 1. The largest absolute Gasteiger partial charge is 0.495 e. The van der Waals surface area contributed by atoms with Crippen molar-refractivity contribution in [3.8, 4) is 5.75 Å². The van der Waals surface area contributed by atoms with Crippen LogP contribution in [0.2, 0.25) is 0 Å². The molecule has 0 aliphatic heterocycles. The third-order valence-electron chi connectivity index (χ3n) is 4.60. The van der Waals surface area contributed by atoms with Gasteiger partial charge in [-0.15, -0.1) is 0 Å². The van der Waals surface area contributed by atoms with Crippen LogP contribution in [0.25, 0.3) is 0 Å². The molecule has 19 heavy (non-hydrogen) atoms. The van der Waals surface area contributed by atoms with E-state index in [1.165, 1.54) is 37.7 Å². The smallest absolute Gasteiger partial charge is 0.141 e. The molecule has 0 saturated heterocycles. The molecule has 106 valence electrons. The third kappa shape index (κ3) is 3.08. The fraction of sp³-hybridized carbons (Fsp3) is 0.688. The molecule has 1 aromatic heterocycles. The summed E-state index contributed by atoms with van der Waals surface area (Å²) in [5, 5.41) is 3.52. The summed E-state index contributed by atoms with van der Waals surface area (Å²) in [7, 11) is 3.79. The van der Waals surface area contributed by atoms with E-state index in [0.29, 0.717) is 12.0 Å². The Morgan fingerprint density at radius 1 is 1.42 bits per heavy atom. The van der Waals surface area contributed by atoms with Crippen molar-refractivity contribution in [3.05, 3.63) is 24.0 Å². The van der Waals surface area contributed by atoms with Gasteiger partial charge in [0, 0.05) is 17.8 Å². The van der Waals surface area contributed by atoms with Gasteiger partial charge in [0.05, 0.1) is 13.3 Å². The Balaban J connectivity index is 2.27. The second kappa shape index (κ2) is 6.90. The number of rotatable bonds is 5. The average Bonchev–Trinajstić information content (AvgIpc) is 2.49. The number of hydrogen-bond donors (Lipinski definition) is 1. The van der Waals surface area contributed by atoms with E-state index in [9.17, 15) is 0 Å². The lowest BCUT2D eigenvalue weighted by Crippen LogP contribution is -2.32. The van der Waals surface area contributed by atoms with Gasteiger partial charge in [-0.3, -0.25) is 4.98 Å². The van der Waals surface area contributed by atoms with Crippen molar-refractivity contribution in [1.82, 2.24) is 10.3 Å². The van der Waals surface area contributed by atoms with E-state index < -0.39 is 0 Å². The summed E-state index contributed by atoms with van der Waals surface area (Å²) >= 11 is 0. The van der Waals surface area contributed by atoms with Gasteiger partial charge in [-0.2, -0.15) is 0 Å². The molecule has 3 heteroatoms. The van der Waals surface area contributed by atoms with E-state index >= 15 is 0 Å². The fourth-order valence-corrected chi connectivity index (χ4v) is 3.60. The minimum atomic E-state index is 0.378. The van der Waals surface area contributed by atoms with Gasteiger partial charge in [0.25, 0.3) is 0 Å². The highest BCUT2D eigenvalue weighted by molar-refractivity contribution is 5.33. The predicted molar refractivity (Wildman–Crippen MR) is 78.3 cm³/mol. The van der Waals surface area contributed by atoms with Crippen molar-refractivity contribution in [2.24, 2.45) is 11.8 Å². The van der Waals surface area contributed by atoms with Gasteiger partial charge < -0.3 is 10.1 Å². The molecule has 1 saturated carbocycles. The van der Waals surface area contributed by atoms with E-state index in [-0.39, 0.29) is 0 Å². The molecule has 1 aromatic rings. The molecule has 0 aromatic carbocycles. The molecule has 0 radical (unpaired) electrons. The van der Waals surface area contributed by atoms with Gasteiger partial charge in [0.15, 0.2) is 0 Å². The van der Waals surface area contributed by atoms with E-state index in [0.717, 1.165) is 11.7 Å². The molecule has 1 aliphatic carbocycles. The number of nitrogens with one attached hydrogen (secondary N) is 1. The Kier molecular flexibility index (Phi) is 5.20. The van der Waals surface area contributed by atoms with Crippen LogP contribution in [-0.4, -0.2) is 19.1 Å². The molecular weight excluding hydrogens is 236 g/mol. The molecule has 3 unspecified atom stereocenters. The molecule has 0 spiro atoms. The summed E-state index contributed by atoms with van der Waals surface area (Å²) in [5.74, 6) is 2.44. The van der Waals surface area contributed by atoms with Crippen LogP contribution in [0.4, 0.5) is 0 Å². The summed E-state index contributed by atoms with van der Waals surface area (Å²) in [6, 6.07) is 2.48. The second-order valence-electron chi connectivity index (χ2n) is 5.50. The van der Waals surface area contributed by atoms with Gasteiger partial charge in [0.1, 0.15) is 5.75 Å². The molecule has 1 fully saturated rings. The Morgan fingerprint density at radius 2 is 2.21 bits per heavy atom. The van der Waals surface area contributed by atoms with Crippen LogP contribution < -0.4 is 10.1 Å². The highest BCUT2D eigenvalue weighted by atomic mass is 16.5. The van der Waals surface area contributed by atoms with Crippen molar-refractivity contribution < 1.29 is 4.74 Å². The van der Waals surface area contributed by atoms with Crippen LogP contribution in [0.3, 0.4) is 0 Å². The Hall–Kier alpha value is -1.09. The zero-order chi connectivity index (χ0) is 13.7. The highest BCUT2D eigenvalue weighted by Gasteiger charge is 2.32. The van der Waals surface area contributed by atoms with Crippen LogP contribution >= 0.6 is 0 Å².